The molecular weight excluding hydrogens is 280 g/mol. The number of carbonyl (C=O) groups excluding carboxylic acids is 1. The number of amides is 1. The summed E-state index contributed by atoms with van der Waals surface area (Å²) in [6.07, 6.45) is 6.91. The van der Waals surface area contributed by atoms with E-state index in [-0.39, 0.29) is 5.91 Å². The van der Waals surface area contributed by atoms with Gasteiger partial charge in [-0.25, -0.2) is 0 Å². The number of aryl methyl sites for hydroxylation is 1. The van der Waals surface area contributed by atoms with Gasteiger partial charge in [-0.1, -0.05) is 0 Å². The number of halogens is 1. The molecule has 0 saturated heterocycles. The van der Waals surface area contributed by atoms with Gasteiger partial charge >= 0.3 is 0 Å². The third-order valence-corrected chi connectivity index (χ3v) is 4.02. The zero-order valence-electron chi connectivity index (χ0n) is 10.0. The predicted molar refractivity (Wildman–Crippen MR) is 69.9 cm³/mol. The van der Waals surface area contributed by atoms with Gasteiger partial charge in [-0.2, -0.15) is 0 Å². The van der Waals surface area contributed by atoms with Gasteiger partial charge in [-0.05, 0) is 53.6 Å². The van der Waals surface area contributed by atoms with Crippen LogP contribution in [0.5, 0.6) is 0 Å². The average Bonchev–Trinajstić information content (AvgIpc) is 3.14. The molecule has 1 amide bonds. The molecule has 2 saturated carbocycles. The molecule has 2 aliphatic rings. The first kappa shape index (κ1) is 11.3. The number of hydrogen-bond donors (Lipinski definition) is 0. The maximum absolute atomic E-state index is 12.5. The van der Waals surface area contributed by atoms with Gasteiger partial charge in [0.2, 0.25) is 0 Å². The summed E-state index contributed by atoms with van der Waals surface area (Å²) in [7, 11) is 1.93. The zero-order valence-corrected chi connectivity index (χ0v) is 11.6. The average molecular weight is 297 g/mol. The fourth-order valence-corrected chi connectivity index (χ4v) is 2.77. The highest BCUT2D eigenvalue weighted by molar-refractivity contribution is 9.10. The summed E-state index contributed by atoms with van der Waals surface area (Å²) in [5, 5.41) is 0. The van der Waals surface area contributed by atoms with Crippen LogP contribution in [0.2, 0.25) is 0 Å². The lowest BCUT2D eigenvalue weighted by Crippen LogP contribution is -2.35. The Bertz CT molecular complexity index is 446. The summed E-state index contributed by atoms with van der Waals surface area (Å²) < 4.78 is 2.89. The van der Waals surface area contributed by atoms with Crippen LogP contribution in [0.15, 0.2) is 16.7 Å². The van der Waals surface area contributed by atoms with Gasteiger partial charge in [0.15, 0.2) is 0 Å². The second kappa shape index (κ2) is 4.16. The lowest BCUT2D eigenvalue weighted by atomic mass is 10.3. The van der Waals surface area contributed by atoms with Gasteiger partial charge in [0.1, 0.15) is 5.69 Å². The van der Waals surface area contributed by atoms with Gasteiger partial charge < -0.3 is 9.47 Å². The standard InChI is InChI=1S/C13H17BrN2O/c1-15-8-10(14)6-12(15)13(17)16(11-4-5-11)7-9-2-3-9/h6,8-9,11H,2-5,7H2,1H3. The van der Waals surface area contributed by atoms with Crippen LogP contribution in [0.25, 0.3) is 0 Å². The van der Waals surface area contributed by atoms with Gasteiger partial charge in [0, 0.05) is 30.3 Å². The van der Waals surface area contributed by atoms with E-state index >= 15 is 0 Å². The van der Waals surface area contributed by atoms with Crippen molar-refractivity contribution in [3.63, 3.8) is 0 Å². The van der Waals surface area contributed by atoms with Crippen molar-refractivity contribution in [2.45, 2.75) is 31.7 Å². The number of hydrogen-bond acceptors (Lipinski definition) is 1. The lowest BCUT2D eigenvalue weighted by Gasteiger charge is -2.22. The maximum atomic E-state index is 12.5. The van der Waals surface area contributed by atoms with Crippen LogP contribution >= 0.6 is 15.9 Å². The van der Waals surface area contributed by atoms with Gasteiger partial charge in [0.05, 0.1) is 0 Å². The Morgan fingerprint density at radius 2 is 2.18 bits per heavy atom. The normalized spacial score (nSPS) is 19.4. The summed E-state index contributed by atoms with van der Waals surface area (Å²) in [5.74, 6) is 0.968. The molecule has 2 fully saturated rings. The molecular formula is C13H17BrN2O. The molecule has 0 N–H and O–H groups in total. The van der Waals surface area contributed by atoms with Crippen LogP contribution in [-0.2, 0) is 7.05 Å². The lowest BCUT2D eigenvalue weighted by molar-refractivity contribution is 0.0725. The minimum Gasteiger partial charge on any atom is -0.345 e. The van der Waals surface area contributed by atoms with E-state index in [4.69, 9.17) is 0 Å². The fraction of sp³-hybridized carbons (Fsp3) is 0.615. The predicted octanol–water partition coefficient (Wildman–Crippen LogP) is 2.80. The molecule has 3 nitrogen and oxygen atoms in total. The Hall–Kier alpha value is -0.770. The van der Waals surface area contributed by atoms with Gasteiger partial charge in [-0.3, -0.25) is 4.79 Å². The fourth-order valence-electron chi connectivity index (χ4n) is 2.25. The monoisotopic (exact) mass is 296 g/mol. The minimum atomic E-state index is 0.201. The van der Waals surface area contributed by atoms with Crippen LogP contribution in [0.3, 0.4) is 0 Å². The van der Waals surface area contributed by atoms with E-state index in [9.17, 15) is 4.79 Å². The molecule has 2 aliphatic carbocycles. The molecule has 1 aromatic rings. The van der Waals surface area contributed by atoms with E-state index in [1.54, 1.807) is 0 Å². The molecule has 0 aliphatic heterocycles. The minimum absolute atomic E-state index is 0.201. The van der Waals surface area contributed by atoms with E-state index < -0.39 is 0 Å². The molecule has 0 spiro atoms. The summed E-state index contributed by atoms with van der Waals surface area (Å²) in [6.45, 7) is 0.965. The Kier molecular flexibility index (Phi) is 2.77. The number of nitrogens with zero attached hydrogens (tertiary/aromatic N) is 2. The highest BCUT2D eigenvalue weighted by Gasteiger charge is 2.37. The van der Waals surface area contributed by atoms with Crippen molar-refractivity contribution in [3.05, 3.63) is 22.4 Å². The van der Waals surface area contributed by atoms with Crippen molar-refractivity contribution in [1.82, 2.24) is 9.47 Å². The van der Waals surface area contributed by atoms with Crippen LogP contribution in [0.4, 0.5) is 0 Å². The topological polar surface area (TPSA) is 25.2 Å². The smallest absolute Gasteiger partial charge is 0.270 e. The van der Waals surface area contributed by atoms with E-state index in [0.29, 0.717) is 6.04 Å². The molecule has 0 bridgehead atoms. The summed E-state index contributed by atoms with van der Waals surface area (Å²) in [4.78, 5) is 14.6. The van der Waals surface area contributed by atoms with Gasteiger partial charge in [-0.15, -0.1) is 0 Å². The second-order valence-corrected chi connectivity index (χ2v) is 6.20. The highest BCUT2D eigenvalue weighted by Crippen LogP contribution is 2.35. The van der Waals surface area contributed by atoms with E-state index in [2.05, 4.69) is 20.8 Å². The van der Waals surface area contributed by atoms with Crippen molar-refractivity contribution in [2.75, 3.05) is 6.54 Å². The van der Waals surface area contributed by atoms with Crippen LogP contribution in [-0.4, -0.2) is 28.0 Å². The zero-order chi connectivity index (χ0) is 12.0. The Morgan fingerprint density at radius 1 is 1.47 bits per heavy atom. The maximum Gasteiger partial charge on any atom is 0.270 e. The molecule has 0 atom stereocenters. The molecule has 4 heteroatoms. The van der Waals surface area contributed by atoms with Crippen LogP contribution in [0.1, 0.15) is 36.2 Å². The molecule has 0 radical (unpaired) electrons. The van der Waals surface area contributed by atoms with E-state index in [1.807, 2.05) is 23.9 Å². The Morgan fingerprint density at radius 3 is 2.65 bits per heavy atom. The van der Waals surface area contributed by atoms with Crippen molar-refractivity contribution >= 4 is 21.8 Å². The largest absolute Gasteiger partial charge is 0.345 e. The molecule has 0 aromatic carbocycles. The first-order valence-electron chi connectivity index (χ1n) is 6.28. The van der Waals surface area contributed by atoms with E-state index in [1.165, 1.54) is 25.7 Å². The van der Waals surface area contributed by atoms with Crippen molar-refractivity contribution in [2.24, 2.45) is 13.0 Å². The first-order chi connectivity index (χ1) is 8.15. The number of carbonyl (C=O) groups is 1. The van der Waals surface area contributed by atoms with Crippen LogP contribution < -0.4 is 0 Å². The summed E-state index contributed by atoms with van der Waals surface area (Å²) in [6, 6.07) is 2.43. The molecule has 17 heavy (non-hydrogen) atoms. The van der Waals surface area contributed by atoms with Crippen molar-refractivity contribution < 1.29 is 4.79 Å². The summed E-state index contributed by atoms with van der Waals surface area (Å²) in [5.41, 5.74) is 0.796. The molecule has 1 aromatic heterocycles. The third kappa shape index (κ3) is 2.41. The second-order valence-electron chi connectivity index (χ2n) is 5.29. The molecule has 0 unspecified atom stereocenters. The van der Waals surface area contributed by atoms with Crippen molar-refractivity contribution in [3.8, 4) is 0 Å². The molecule has 3 rings (SSSR count). The number of aromatic nitrogens is 1. The molecule has 92 valence electrons. The highest BCUT2D eigenvalue weighted by atomic mass is 79.9. The first-order valence-corrected chi connectivity index (χ1v) is 7.07. The quantitative estimate of drug-likeness (QED) is 0.839. The van der Waals surface area contributed by atoms with Crippen molar-refractivity contribution in [1.29, 1.82) is 0 Å². The summed E-state index contributed by atoms with van der Waals surface area (Å²) >= 11 is 3.42. The van der Waals surface area contributed by atoms with Gasteiger partial charge in [0.25, 0.3) is 5.91 Å². The Balaban J connectivity index is 1.79. The molecule has 1 heterocycles. The number of rotatable bonds is 4. The van der Waals surface area contributed by atoms with Crippen LogP contribution in [0, 0.1) is 5.92 Å². The van der Waals surface area contributed by atoms with E-state index in [0.717, 1.165) is 22.6 Å². The Labute approximate surface area is 110 Å². The SMILES string of the molecule is Cn1cc(Br)cc1C(=O)N(CC1CC1)C1CC1. The third-order valence-electron chi connectivity index (χ3n) is 3.59.